The van der Waals surface area contributed by atoms with Crippen LogP contribution in [0.4, 0.5) is 5.82 Å². The molecular weight excluding hydrogens is 382 g/mol. The van der Waals surface area contributed by atoms with E-state index in [1.165, 1.54) is 0 Å². The SMILES string of the molecule is Cl.NC(C(=O)Nc1ccc2cccc(Br)c2n1)C1CCOCC1. The number of carbonyl (C=O) groups is 1. The summed E-state index contributed by atoms with van der Waals surface area (Å²) < 4.78 is 6.20. The first-order valence-corrected chi connectivity index (χ1v) is 8.14. The number of para-hydroxylation sites is 1. The number of nitrogens with two attached hydrogens (primary N) is 1. The van der Waals surface area contributed by atoms with E-state index in [9.17, 15) is 4.79 Å². The molecule has 3 N–H and O–H groups in total. The lowest BCUT2D eigenvalue weighted by atomic mass is 9.92. The van der Waals surface area contributed by atoms with Gasteiger partial charge in [0.15, 0.2) is 0 Å². The van der Waals surface area contributed by atoms with E-state index in [0.29, 0.717) is 19.0 Å². The van der Waals surface area contributed by atoms with Gasteiger partial charge in [-0.15, -0.1) is 12.4 Å². The van der Waals surface area contributed by atoms with Gasteiger partial charge in [0.1, 0.15) is 5.82 Å². The van der Waals surface area contributed by atoms with Gasteiger partial charge in [-0.2, -0.15) is 0 Å². The summed E-state index contributed by atoms with van der Waals surface area (Å²) in [5, 5.41) is 3.84. The fourth-order valence-electron chi connectivity index (χ4n) is 2.68. The van der Waals surface area contributed by atoms with Crippen molar-refractivity contribution in [2.24, 2.45) is 11.7 Å². The number of amides is 1. The predicted molar refractivity (Wildman–Crippen MR) is 96.8 cm³/mol. The minimum Gasteiger partial charge on any atom is -0.381 e. The fraction of sp³-hybridized carbons (Fsp3) is 0.375. The Morgan fingerprint density at radius 2 is 2.04 bits per heavy atom. The summed E-state index contributed by atoms with van der Waals surface area (Å²) in [4.78, 5) is 16.8. The van der Waals surface area contributed by atoms with E-state index in [0.717, 1.165) is 28.2 Å². The summed E-state index contributed by atoms with van der Waals surface area (Å²) in [5.74, 6) is 0.499. The number of hydrogen-bond acceptors (Lipinski definition) is 4. The average molecular weight is 401 g/mol. The number of rotatable bonds is 3. The molecule has 1 aliphatic rings. The molecule has 1 aliphatic heterocycles. The molecule has 1 amide bonds. The van der Waals surface area contributed by atoms with Crippen LogP contribution in [0.1, 0.15) is 12.8 Å². The van der Waals surface area contributed by atoms with Gasteiger partial charge >= 0.3 is 0 Å². The minimum absolute atomic E-state index is 0. The number of pyridine rings is 1. The number of halogens is 2. The molecule has 0 aliphatic carbocycles. The largest absolute Gasteiger partial charge is 0.381 e. The zero-order chi connectivity index (χ0) is 15.5. The molecule has 2 aromatic rings. The second-order valence-electron chi connectivity index (χ2n) is 5.47. The van der Waals surface area contributed by atoms with Gasteiger partial charge in [0.2, 0.25) is 5.91 Å². The minimum atomic E-state index is -0.527. The lowest BCUT2D eigenvalue weighted by Gasteiger charge is -2.26. The molecule has 2 heterocycles. The van der Waals surface area contributed by atoms with Crippen molar-refractivity contribution < 1.29 is 9.53 Å². The third kappa shape index (κ3) is 4.20. The van der Waals surface area contributed by atoms with E-state index in [1.54, 1.807) is 6.07 Å². The smallest absolute Gasteiger partial charge is 0.242 e. The normalized spacial score (nSPS) is 16.6. The second-order valence-corrected chi connectivity index (χ2v) is 6.33. The first-order chi connectivity index (χ1) is 10.6. The molecule has 124 valence electrons. The zero-order valence-corrected chi connectivity index (χ0v) is 14.9. The van der Waals surface area contributed by atoms with Crippen LogP contribution in [0.25, 0.3) is 10.9 Å². The number of fused-ring (bicyclic) bond motifs is 1. The van der Waals surface area contributed by atoms with Crippen LogP contribution < -0.4 is 11.1 Å². The molecule has 0 radical (unpaired) electrons. The first kappa shape index (κ1) is 18.1. The molecule has 0 saturated carbocycles. The van der Waals surface area contributed by atoms with Crippen molar-refractivity contribution in [2.45, 2.75) is 18.9 Å². The first-order valence-electron chi connectivity index (χ1n) is 7.34. The summed E-state index contributed by atoms with van der Waals surface area (Å²) >= 11 is 3.47. The molecule has 1 aromatic carbocycles. The highest BCUT2D eigenvalue weighted by Crippen LogP contribution is 2.24. The molecule has 5 nitrogen and oxygen atoms in total. The molecule has 1 saturated heterocycles. The van der Waals surface area contributed by atoms with Gasteiger partial charge in [-0.3, -0.25) is 4.79 Å². The van der Waals surface area contributed by atoms with Crippen molar-refractivity contribution in [3.63, 3.8) is 0 Å². The van der Waals surface area contributed by atoms with Gasteiger partial charge in [0, 0.05) is 23.1 Å². The van der Waals surface area contributed by atoms with Crippen molar-refractivity contribution in [2.75, 3.05) is 18.5 Å². The van der Waals surface area contributed by atoms with Crippen molar-refractivity contribution in [1.82, 2.24) is 4.98 Å². The number of nitrogens with zero attached hydrogens (tertiary/aromatic N) is 1. The molecule has 7 heteroatoms. The number of nitrogens with one attached hydrogen (secondary N) is 1. The van der Waals surface area contributed by atoms with Crippen molar-refractivity contribution in [3.8, 4) is 0 Å². The van der Waals surface area contributed by atoms with Crippen LogP contribution in [0.15, 0.2) is 34.8 Å². The lowest BCUT2D eigenvalue weighted by molar-refractivity contribution is -0.119. The quantitative estimate of drug-likeness (QED) is 0.830. The highest BCUT2D eigenvalue weighted by Gasteiger charge is 2.26. The van der Waals surface area contributed by atoms with Gasteiger partial charge in [0.05, 0.1) is 11.6 Å². The Balaban J connectivity index is 0.00000192. The van der Waals surface area contributed by atoms with Gasteiger partial charge in [-0.1, -0.05) is 12.1 Å². The van der Waals surface area contributed by atoms with Crippen LogP contribution in [0.5, 0.6) is 0 Å². The zero-order valence-electron chi connectivity index (χ0n) is 12.5. The lowest BCUT2D eigenvalue weighted by Crippen LogP contribution is -2.44. The van der Waals surface area contributed by atoms with Gasteiger partial charge in [-0.25, -0.2) is 4.98 Å². The molecule has 1 atom stereocenters. The predicted octanol–water partition coefficient (Wildman–Crippen LogP) is 3.11. The third-order valence-corrected chi connectivity index (χ3v) is 4.64. The summed E-state index contributed by atoms with van der Waals surface area (Å²) in [6.45, 7) is 1.35. The van der Waals surface area contributed by atoms with Gasteiger partial charge in [-0.05, 0) is 52.9 Å². The Bertz CT molecular complexity index is 692. The fourth-order valence-corrected chi connectivity index (χ4v) is 3.15. The number of hydrogen-bond donors (Lipinski definition) is 2. The number of aromatic nitrogens is 1. The van der Waals surface area contributed by atoms with Crippen molar-refractivity contribution in [1.29, 1.82) is 0 Å². The van der Waals surface area contributed by atoms with Crippen LogP contribution >= 0.6 is 28.3 Å². The Morgan fingerprint density at radius 3 is 2.78 bits per heavy atom. The van der Waals surface area contributed by atoms with E-state index in [4.69, 9.17) is 10.5 Å². The molecule has 1 fully saturated rings. The highest BCUT2D eigenvalue weighted by atomic mass is 79.9. The maximum Gasteiger partial charge on any atom is 0.242 e. The van der Waals surface area contributed by atoms with Crippen LogP contribution in [0.3, 0.4) is 0 Å². The maximum atomic E-state index is 12.3. The van der Waals surface area contributed by atoms with Crippen LogP contribution in [-0.2, 0) is 9.53 Å². The van der Waals surface area contributed by atoms with E-state index < -0.39 is 6.04 Å². The van der Waals surface area contributed by atoms with Crippen LogP contribution in [0, 0.1) is 5.92 Å². The molecular formula is C16H19BrClN3O2. The van der Waals surface area contributed by atoms with E-state index in [2.05, 4.69) is 26.2 Å². The summed E-state index contributed by atoms with van der Waals surface area (Å²) in [7, 11) is 0. The Kier molecular flexibility index (Phi) is 6.35. The van der Waals surface area contributed by atoms with E-state index >= 15 is 0 Å². The number of carbonyl (C=O) groups excluding carboxylic acids is 1. The molecule has 3 rings (SSSR count). The molecule has 23 heavy (non-hydrogen) atoms. The standard InChI is InChI=1S/C16H18BrN3O2.ClH/c17-12-3-1-2-11-4-5-13(19-15(11)12)20-16(21)14(18)10-6-8-22-9-7-10;/h1-5,10,14H,6-9,18H2,(H,19,20,21);1H. The topological polar surface area (TPSA) is 77.2 Å². The summed E-state index contributed by atoms with van der Waals surface area (Å²) in [5.41, 5.74) is 6.90. The van der Waals surface area contributed by atoms with Crippen molar-refractivity contribution in [3.05, 3.63) is 34.8 Å². The number of anilines is 1. The average Bonchev–Trinajstić information content (AvgIpc) is 2.55. The van der Waals surface area contributed by atoms with Crippen LogP contribution in [-0.4, -0.2) is 30.1 Å². The van der Waals surface area contributed by atoms with E-state index in [1.807, 2.05) is 24.3 Å². The second kappa shape index (κ2) is 8.06. The third-order valence-electron chi connectivity index (χ3n) is 4.00. The molecule has 0 bridgehead atoms. The number of benzene rings is 1. The molecule has 1 unspecified atom stereocenters. The number of ether oxygens (including phenoxy) is 1. The Labute approximate surface area is 149 Å². The maximum absolute atomic E-state index is 12.3. The summed E-state index contributed by atoms with van der Waals surface area (Å²) in [6, 6.07) is 9.06. The molecule has 1 aromatic heterocycles. The molecule has 0 spiro atoms. The van der Waals surface area contributed by atoms with E-state index in [-0.39, 0.29) is 24.2 Å². The Hall–Kier alpha value is -1.21. The van der Waals surface area contributed by atoms with Crippen molar-refractivity contribution >= 4 is 51.0 Å². The Morgan fingerprint density at radius 1 is 1.30 bits per heavy atom. The highest BCUT2D eigenvalue weighted by molar-refractivity contribution is 9.10. The van der Waals surface area contributed by atoms with Gasteiger partial charge < -0.3 is 15.8 Å². The summed E-state index contributed by atoms with van der Waals surface area (Å²) in [6.07, 6.45) is 1.65. The van der Waals surface area contributed by atoms with Crippen LogP contribution in [0.2, 0.25) is 0 Å². The monoisotopic (exact) mass is 399 g/mol. The van der Waals surface area contributed by atoms with Gasteiger partial charge in [0.25, 0.3) is 0 Å².